The number of rotatable bonds is 5. The lowest BCUT2D eigenvalue weighted by Crippen LogP contribution is -2.12. The molecule has 0 saturated carbocycles. The Labute approximate surface area is 135 Å². The second kappa shape index (κ2) is 7.21. The standard InChI is InChI=1S/C16H19Cl2N3/c1-3-14-11(7-8-19)15(4-2)21-16(20-14)10-5-6-12(17)13(18)9-10/h5-6,9H,3-4,7-8,19H2,1-2H3. The average Bonchev–Trinajstić information content (AvgIpc) is 2.50. The fourth-order valence-electron chi connectivity index (χ4n) is 2.36. The molecule has 0 unspecified atom stereocenters. The van der Waals surface area contributed by atoms with Gasteiger partial charge in [0.05, 0.1) is 10.0 Å². The first kappa shape index (κ1) is 16.2. The Balaban J connectivity index is 2.56. The van der Waals surface area contributed by atoms with Gasteiger partial charge in [-0.2, -0.15) is 0 Å². The van der Waals surface area contributed by atoms with Crippen molar-refractivity contribution in [2.75, 3.05) is 6.54 Å². The van der Waals surface area contributed by atoms with E-state index >= 15 is 0 Å². The van der Waals surface area contributed by atoms with Crippen molar-refractivity contribution in [3.05, 3.63) is 45.2 Å². The van der Waals surface area contributed by atoms with E-state index in [1.807, 2.05) is 6.07 Å². The molecule has 0 aliphatic rings. The van der Waals surface area contributed by atoms with E-state index in [1.165, 1.54) is 5.56 Å². The van der Waals surface area contributed by atoms with Crippen molar-refractivity contribution in [1.82, 2.24) is 9.97 Å². The molecule has 0 aliphatic heterocycles. The summed E-state index contributed by atoms with van der Waals surface area (Å²) in [6.07, 6.45) is 2.53. The molecule has 3 nitrogen and oxygen atoms in total. The van der Waals surface area contributed by atoms with E-state index < -0.39 is 0 Å². The molecule has 21 heavy (non-hydrogen) atoms. The van der Waals surface area contributed by atoms with E-state index in [1.54, 1.807) is 12.1 Å². The lowest BCUT2D eigenvalue weighted by Gasteiger charge is -2.13. The highest BCUT2D eigenvalue weighted by Crippen LogP contribution is 2.28. The summed E-state index contributed by atoms with van der Waals surface area (Å²) < 4.78 is 0. The Morgan fingerprint density at radius 2 is 1.62 bits per heavy atom. The smallest absolute Gasteiger partial charge is 0.159 e. The van der Waals surface area contributed by atoms with Gasteiger partial charge in [-0.3, -0.25) is 0 Å². The number of nitrogens with two attached hydrogens (primary N) is 1. The zero-order valence-electron chi connectivity index (χ0n) is 12.3. The number of halogens is 2. The Kier molecular flexibility index (Phi) is 5.57. The molecule has 2 rings (SSSR count). The molecule has 0 saturated heterocycles. The van der Waals surface area contributed by atoms with Crippen LogP contribution in [0.2, 0.25) is 10.0 Å². The Morgan fingerprint density at radius 3 is 2.10 bits per heavy atom. The molecule has 1 heterocycles. The molecule has 0 atom stereocenters. The zero-order valence-corrected chi connectivity index (χ0v) is 13.8. The van der Waals surface area contributed by atoms with E-state index in [0.717, 1.165) is 36.2 Å². The summed E-state index contributed by atoms with van der Waals surface area (Å²) in [7, 11) is 0. The minimum atomic E-state index is 0.514. The second-order valence-corrected chi connectivity index (χ2v) is 5.61. The second-order valence-electron chi connectivity index (χ2n) is 4.79. The fourth-order valence-corrected chi connectivity index (χ4v) is 2.66. The van der Waals surface area contributed by atoms with Crippen molar-refractivity contribution in [2.24, 2.45) is 5.73 Å². The molecular formula is C16H19Cl2N3. The minimum Gasteiger partial charge on any atom is -0.330 e. The fraction of sp³-hybridized carbons (Fsp3) is 0.375. The van der Waals surface area contributed by atoms with Crippen molar-refractivity contribution in [3.63, 3.8) is 0 Å². The van der Waals surface area contributed by atoms with E-state index in [2.05, 4.69) is 13.8 Å². The van der Waals surface area contributed by atoms with Gasteiger partial charge in [-0.15, -0.1) is 0 Å². The average molecular weight is 324 g/mol. The lowest BCUT2D eigenvalue weighted by atomic mass is 10.0. The van der Waals surface area contributed by atoms with Gasteiger partial charge in [0.15, 0.2) is 5.82 Å². The highest BCUT2D eigenvalue weighted by atomic mass is 35.5. The third-order valence-electron chi connectivity index (χ3n) is 3.42. The highest BCUT2D eigenvalue weighted by molar-refractivity contribution is 6.42. The minimum absolute atomic E-state index is 0.514. The Hall–Kier alpha value is -1.16. The van der Waals surface area contributed by atoms with Crippen LogP contribution in [0.15, 0.2) is 18.2 Å². The summed E-state index contributed by atoms with van der Waals surface area (Å²) in [6.45, 7) is 4.80. The Bertz CT molecular complexity index is 616. The Morgan fingerprint density at radius 1 is 1.00 bits per heavy atom. The number of aromatic nitrogens is 2. The molecule has 2 N–H and O–H groups in total. The molecule has 0 spiro atoms. The molecular weight excluding hydrogens is 305 g/mol. The molecule has 0 fully saturated rings. The summed E-state index contributed by atoms with van der Waals surface area (Å²) >= 11 is 12.1. The topological polar surface area (TPSA) is 51.8 Å². The number of benzene rings is 1. The van der Waals surface area contributed by atoms with Crippen molar-refractivity contribution in [2.45, 2.75) is 33.1 Å². The van der Waals surface area contributed by atoms with Gasteiger partial charge in [-0.25, -0.2) is 9.97 Å². The van der Waals surface area contributed by atoms with Gasteiger partial charge in [-0.05, 0) is 49.6 Å². The normalized spacial score (nSPS) is 10.9. The van der Waals surface area contributed by atoms with Crippen LogP contribution in [-0.2, 0) is 19.3 Å². The van der Waals surface area contributed by atoms with Crippen LogP contribution in [0.4, 0.5) is 0 Å². The maximum absolute atomic E-state index is 6.09. The third-order valence-corrected chi connectivity index (χ3v) is 4.16. The molecule has 112 valence electrons. The van der Waals surface area contributed by atoms with E-state index in [-0.39, 0.29) is 0 Å². The van der Waals surface area contributed by atoms with Crippen molar-refractivity contribution >= 4 is 23.2 Å². The summed E-state index contributed by atoms with van der Waals surface area (Å²) in [6, 6.07) is 5.47. The molecule has 0 radical (unpaired) electrons. The quantitative estimate of drug-likeness (QED) is 0.902. The number of nitrogens with zero attached hydrogens (tertiary/aromatic N) is 2. The van der Waals surface area contributed by atoms with E-state index in [9.17, 15) is 0 Å². The van der Waals surface area contributed by atoms with Crippen LogP contribution in [-0.4, -0.2) is 16.5 Å². The van der Waals surface area contributed by atoms with Crippen molar-refractivity contribution < 1.29 is 0 Å². The highest BCUT2D eigenvalue weighted by Gasteiger charge is 2.13. The molecule has 1 aromatic carbocycles. The van der Waals surface area contributed by atoms with Gasteiger partial charge < -0.3 is 5.73 Å². The molecule has 2 aromatic rings. The van der Waals surface area contributed by atoms with Crippen LogP contribution in [0, 0.1) is 0 Å². The van der Waals surface area contributed by atoms with Crippen LogP contribution in [0.3, 0.4) is 0 Å². The summed E-state index contributed by atoms with van der Waals surface area (Å²) in [4.78, 5) is 9.38. The first-order chi connectivity index (χ1) is 10.1. The number of aryl methyl sites for hydroxylation is 2. The summed E-state index contributed by atoms with van der Waals surface area (Å²) in [5.74, 6) is 0.697. The summed E-state index contributed by atoms with van der Waals surface area (Å²) in [5.41, 5.74) is 9.90. The van der Waals surface area contributed by atoms with Gasteiger partial charge >= 0.3 is 0 Å². The first-order valence-corrected chi connectivity index (χ1v) is 7.90. The number of hydrogen-bond acceptors (Lipinski definition) is 3. The van der Waals surface area contributed by atoms with Gasteiger partial charge in [0, 0.05) is 17.0 Å². The van der Waals surface area contributed by atoms with Crippen LogP contribution in [0.1, 0.15) is 30.8 Å². The predicted octanol–water partition coefficient (Wildman–Crippen LogP) is 4.08. The zero-order chi connectivity index (χ0) is 15.4. The van der Waals surface area contributed by atoms with Gasteiger partial charge in [0.1, 0.15) is 0 Å². The van der Waals surface area contributed by atoms with E-state index in [0.29, 0.717) is 22.4 Å². The van der Waals surface area contributed by atoms with Gasteiger partial charge in [0.2, 0.25) is 0 Å². The summed E-state index contributed by atoms with van der Waals surface area (Å²) in [5, 5.41) is 1.05. The van der Waals surface area contributed by atoms with Crippen LogP contribution < -0.4 is 5.73 Å². The van der Waals surface area contributed by atoms with Crippen molar-refractivity contribution in [1.29, 1.82) is 0 Å². The lowest BCUT2D eigenvalue weighted by molar-refractivity contribution is 0.844. The number of hydrogen-bond donors (Lipinski definition) is 1. The first-order valence-electron chi connectivity index (χ1n) is 7.14. The van der Waals surface area contributed by atoms with Gasteiger partial charge in [0.25, 0.3) is 0 Å². The molecule has 5 heteroatoms. The molecule has 0 aliphatic carbocycles. The van der Waals surface area contributed by atoms with Crippen molar-refractivity contribution in [3.8, 4) is 11.4 Å². The van der Waals surface area contributed by atoms with Crippen LogP contribution in [0.5, 0.6) is 0 Å². The van der Waals surface area contributed by atoms with Gasteiger partial charge in [-0.1, -0.05) is 37.0 Å². The van der Waals surface area contributed by atoms with Crippen LogP contribution in [0.25, 0.3) is 11.4 Å². The molecule has 0 bridgehead atoms. The monoisotopic (exact) mass is 323 g/mol. The maximum atomic E-state index is 6.09. The third kappa shape index (κ3) is 3.54. The largest absolute Gasteiger partial charge is 0.330 e. The molecule has 0 amide bonds. The molecule has 1 aromatic heterocycles. The predicted molar refractivity (Wildman–Crippen MR) is 89.0 cm³/mol. The van der Waals surface area contributed by atoms with Crippen LogP contribution >= 0.6 is 23.2 Å². The maximum Gasteiger partial charge on any atom is 0.159 e. The SMILES string of the molecule is CCc1nc(-c2ccc(Cl)c(Cl)c2)nc(CC)c1CCN. The van der Waals surface area contributed by atoms with E-state index in [4.69, 9.17) is 38.9 Å².